The predicted octanol–water partition coefficient (Wildman–Crippen LogP) is 1.96. The van der Waals surface area contributed by atoms with Crippen LogP contribution in [-0.2, 0) is 20.0 Å². The molecule has 0 heterocycles. The van der Waals surface area contributed by atoms with E-state index in [-0.39, 0.29) is 10.6 Å². The van der Waals surface area contributed by atoms with Crippen LogP contribution in [0.1, 0.15) is 19.4 Å². The molecule has 0 atom stereocenters. The van der Waals surface area contributed by atoms with Crippen LogP contribution in [0.2, 0.25) is 0 Å². The van der Waals surface area contributed by atoms with Gasteiger partial charge in [0.2, 0.25) is 20.0 Å². The summed E-state index contributed by atoms with van der Waals surface area (Å²) in [5.41, 5.74) is 0.725. The zero-order valence-electron chi connectivity index (χ0n) is 12.1. The number of alkyl halides is 1. The number of anilines is 1. The second-order valence-electron chi connectivity index (χ2n) is 4.40. The van der Waals surface area contributed by atoms with E-state index in [0.29, 0.717) is 18.7 Å². The van der Waals surface area contributed by atoms with Crippen molar-refractivity contribution in [2.75, 3.05) is 23.0 Å². The van der Waals surface area contributed by atoms with E-state index in [4.69, 9.17) is 11.6 Å². The first-order chi connectivity index (χ1) is 9.67. The molecule has 0 amide bonds. The average molecular weight is 355 g/mol. The number of benzene rings is 1. The van der Waals surface area contributed by atoms with Crippen LogP contribution in [-0.4, -0.2) is 39.4 Å². The number of hydrogen-bond donors (Lipinski definition) is 1. The summed E-state index contributed by atoms with van der Waals surface area (Å²) < 4.78 is 51.5. The van der Waals surface area contributed by atoms with Crippen molar-refractivity contribution < 1.29 is 16.8 Å². The van der Waals surface area contributed by atoms with Crippen molar-refractivity contribution in [3.05, 3.63) is 23.8 Å². The molecular weight excluding hydrogens is 336 g/mol. The Morgan fingerprint density at radius 2 is 1.71 bits per heavy atom. The summed E-state index contributed by atoms with van der Waals surface area (Å²) in [5.74, 6) is 0. The van der Waals surface area contributed by atoms with Gasteiger partial charge in [0, 0.05) is 18.8 Å². The second-order valence-corrected chi connectivity index (χ2v) is 8.61. The smallest absolute Gasteiger partial charge is 0.246 e. The number of hydrogen-bond acceptors (Lipinski definition) is 4. The summed E-state index contributed by atoms with van der Waals surface area (Å²) >= 11 is 5.32. The third kappa shape index (κ3) is 4.32. The Bertz CT molecular complexity index is 698. The van der Waals surface area contributed by atoms with Gasteiger partial charge in [0.1, 0.15) is 5.21 Å². The molecule has 1 N–H and O–H groups in total. The molecule has 6 nitrogen and oxygen atoms in total. The lowest BCUT2D eigenvalue weighted by molar-refractivity contribution is 0.445. The molecule has 0 bridgehead atoms. The van der Waals surface area contributed by atoms with Crippen LogP contribution in [0.4, 0.5) is 5.69 Å². The second kappa shape index (κ2) is 6.95. The first-order valence-corrected chi connectivity index (χ1v) is 9.97. The Balaban J connectivity index is 3.32. The fourth-order valence-electron chi connectivity index (χ4n) is 1.85. The van der Waals surface area contributed by atoms with E-state index in [2.05, 4.69) is 4.72 Å². The summed E-state index contributed by atoms with van der Waals surface area (Å²) in [6.07, 6.45) is 0. The molecule has 0 saturated carbocycles. The molecule has 1 aromatic rings. The molecule has 0 fully saturated rings. The first-order valence-electron chi connectivity index (χ1n) is 6.35. The minimum absolute atomic E-state index is 0.0842. The van der Waals surface area contributed by atoms with Gasteiger partial charge in [0.05, 0.1) is 4.90 Å². The monoisotopic (exact) mass is 354 g/mol. The van der Waals surface area contributed by atoms with Crippen molar-refractivity contribution in [3.8, 4) is 0 Å². The lowest BCUT2D eigenvalue weighted by Crippen LogP contribution is -2.31. The fourth-order valence-corrected chi connectivity index (χ4v) is 4.26. The molecule has 9 heteroatoms. The van der Waals surface area contributed by atoms with Crippen molar-refractivity contribution in [2.45, 2.75) is 25.7 Å². The highest BCUT2D eigenvalue weighted by Gasteiger charge is 2.24. The fraction of sp³-hybridized carbons (Fsp3) is 0.500. The van der Waals surface area contributed by atoms with Gasteiger partial charge < -0.3 is 0 Å². The Morgan fingerprint density at radius 3 is 2.19 bits per heavy atom. The van der Waals surface area contributed by atoms with Crippen LogP contribution in [0, 0.1) is 6.92 Å². The lowest BCUT2D eigenvalue weighted by atomic mass is 10.2. The minimum atomic E-state index is -3.67. The van der Waals surface area contributed by atoms with Crippen LogP contribution in [0.3, 0.4) is 0 Å². The maximum absolute atomic E-state index is 12.5. The number of nitrogens with zero attached hydrogens (tertiary/aromatic N) is 1. The van der Waals surface area contributed by atoms with Crippen LogP contribution in [0.15, 0.2) is 23.1 Å². The van der Waals surface area contributed by atoms with Crippen molar-refractivity contribution in [1.82, 2.24) is 4.31 Å². The van der Waals surface area contributed by atoms with Gasteiger partial charge in [-0.25, -0.2) is 16.8 Å². The Morgan fingerprint density at radius 1 is 1.14 bits per heavy atom. The van der Waals surface area contributed by atoms with Crippen molar-refractivity contribution in [2.24, 2.45) is 0 Å². The molecule has 120 valence electrons. The molecule has 0 radical (unpaired) electrons. The third-order valence-corrected chi connectivity index (χ3v) is 6.82. The molecule has 0 spiro atoms. The SMILES string of the molecule is CCN(CC)S(=O)(=O)c1cc(NS(=O)(=O)CCl)ccc1C. The number of halogens is 1. The molecule has 21 heavy (non-hydrogen) atoms. The number of rotatable bonds is 7. The van der Waals surface area contributed by atoms with Gasteiger partial charge >= 0.3 is 0 Å². The number of aryl methyl sites for hydroxylation is 1. The van der Waals surface area contributed by atoms with E-state index in [1.54, 1.807) is 26.8 Å². The van der Waals surface area contributed by atoms with E-state index < -0.39 is 25.3 Å². The molecule has 0 aliphatic heterocycles. The largest absolute Gasteiger partial charge is 0.283 e. The molecule has 0 aliphatic rings. The first kappa shape index (κ1) is 18.2. The van der Waals surface area contributed by atoms with Crippen molar-refractivity contribution >= 4 is 37.3 Å². The van der Waals surface area contributed by atoms with Gasteiger partial charge in [-0.1, -0.05) is 19.9 Å². The average Bonchev–Trinajstić information content (AvgIpc) is 2.41. The van der Waals surface area contributed by atoms with Gasteiger partial charge in [0.25, 0.3) is 0 Å². The highest BCUT2D eigenvalue weighted by atomic mass is 35.5. The van der Waals surface area contributed by atoms with E-state index in [1.165, 1.54) is 16.4 Å². The van der Waals surface area contributed by atoms with Crippen molar-refractivity contribution in [3.63, 3.8) is 0 Å². The Hall–Kier alpha value is -0.830. The normalized spacial score (nSPS) is 12.6. The molecule has 0 aliphatic carbocycles. The molecule has 0 saturated heterocycles. The predicted molar refractivity (Wildman–Crippen MR) is 84.5 cm³/mol. The van der Waals surface area contributed by atoms with Gasteiger partial charge in [-0.2, -0.15) is 4.31 Å². The van der Waals surface area contributed by atoms with Crippen LogP contribution in [0.25, 0.3) is 0 Å². The summed E-state index contributed by atoms with van der Waals surface area (Å²) in [4.78, 5) is 0.0842. The molecule has 1 aromatic carbocycles. The maximum Gasteiger partial charge on any atom is 0.246 e. The maximum atomic E-state index is 12.5. The van der Waals surface area contributed by atoms with Crippen molar-refractivity contribution in [1.29, 1.82) is 0 Å². The highest BCUT2D eigenvalue weighted by molar-refractivity contribution is 7.93. The number of nitrogens with one attached hydrogen (secondary N) is 1. The molecular formula is C12H19ClN2O4S2. The summed E-state index contributed by atoms with van der Waals surface area (Å²) in [6, 6.07) is 4.37. The van der Waals surface area contributed by atoms with Gasteiger partial charge in [0.15, 0.2) is 0 Å². The van der Waals surface area contributed by atoms with E-state index in [0.717, 1.165) is 0 Å². The molecule has 0 unspecified atom stereocenters. The molecule has 1 rings (SSSR count). The summed E-state index contributed by atoms with van der Waals surface area (Å²) in [6.45, 7) is 5.84. The van der Waals surface area contributed by atoms with E-state index >= 15 is 0 Å². The number of sulfonamides is 2. The minimum Gasteiger partial charge on any atom is -0.283 e. The van der Waals surface area contributed by atoms with E-state index in [1.807, 2.05) is 0 Å². The van der Waals surface area contributed by atoms with Gasteiger partial charge in [-0.15, -0.1) is 11.6 Å². The molecule has 0 aromatic heterocycles. The third-order valence-electron chi connectivity index (χ3n) is 2.93. The highest BCUT2D eigenvalue weighted by Crippen LogP contribution is 2.24. The zero-order chi connectivity index (χ0) is 16.3. The lowest BCUT2D eigenvalue weighted by Gasteiger charge is -2.20. The van der Waals surface area contributed by atoms with Gasteiger partial charge in [-0.05, 0) is 24.6 Å². The quantitative estimate of drug-likeness (QED) is 0.759. The van der Waals surface area contributed by atoms with E-state index in [9.17, 15) is 16.8 Å². The van der Waals surface area contributed by atoms with Crippen LogP contribution < -0.4 is 4.72 Å². The topological polar surface area (TPSA) is 83.6 Å². The Kier molecular flexibility index (Phi) is 6.03. The zero-order valence-corrected chi connectivity index (χ0v) is 14.5. The standard InChI is InChI=1S/C12H19ClN2O4S2/c1-4-15(5-2)21(18,19)12-8-11(7-6-10(12)3)14-20(16,17)9-13/h6-8,14H,4-5,9H2,1-3H3. The van der Waals surface area contributed by atoms with Gasteiger partial charge in [-0.3, -0.25) is 4.72 Å². The summed E-state index contributed by atoms with van der Waals surface area (Å²) in [7, 11) is -7.32. The summed E-state index contributed by atoms with van der Waals surface area (Å²) in [5, 5.41) is -0.598. The van der Waals surface area contributed by atoms with Crippen LogP contribution in [0.5, 0.6) is 0 Å². The van der Waals surface area contributed by atoms with Crippen LogP contribution >= 0.6 is 11.6 Å². The Labute approximate surface area is 131 Å².